The fourth-order valence-electron chi connectivity index (χ4n) is 1.76. The molecule has 1 aromatic carbocycles. The lowest BCUT2D eigenvalue weighted by molar-refractivity contribution is 0.598. The van der Waals surface area contributed by atoms with Crippen molar-refractivity contribution in [2.45, 2.75) is 18.9 Å². The van der Waals surface area contributed by atoms with Crippen LogP contribution in [0.2, 0.25) is 0 Å². The number of rotatable bonds is 3. The molecule has 0 amide bonds. The summed E-state index contributed by atoms with van der Waals surface area (Å²) in [5, 5.41) is 0.0321. The number of nitrogens with two attached hydrogens (primary N) is 1. The third-order valence-electron chi connectivity index (χ3n) is 2.77. The van der Waals surface area contributed by atoms with Crippen molar-refractivity contribution >= 4 is 15.7 Å². The molecule has 6 nitrogen and oxygen atoms in total. The van der Waals surface area contributed by atoms with Crippen LogP contribution in [0, 0.1) is 25.7 Å². The lowest BCUT2D eigenvalue weighted by atomic mass is 10.1. The number of aryl methyl sites for hydroxylation is 2. The van der Waals surface area contributed by atoms with E-state index in [0.29, 0.717) is 11.5 Å². The van der Waals surface area contributed by atoms with Gasteiger partial charge in [-0.3, -0.25) is 4.72 Å². The molecule has 21 heavy (non-hydrogen) atoms. The van der Waals surface area contributed by atoms with Gasteiger partial charge in [-0.2, -0.15) is 8.42 Å². The van der Waals surface area contributed by atoms with Gasteiger partial charge in [-0.25, -0.2) is 4.98 Å². The average molecular weight is 304 g/mol. The van der Waals surface area contributed by atoms with Gasteiger partial charge in [-0.15, -0.1) is 0 Å². The molecule has 0 fully saturated rings. The molecular formula is C14H16N4O2S. The Morgan fingerprint density at radius 1 is 1.38 bits per heavy atom. The molecule has 2 aromatic rings. The minimum Gasteiger partial charge on any atom is -0.332 e. The number of sulfonamides is 1. The fraction of sp³-hybridized carbons (Fsp3) is 0.214. The van der Waals surface area contributed by atoms with Gasteiger partial charge >= 0.3 is 0 Å². The smallest absolute Gasteiger partial charge is 0.278 e. The molecule has 1 aromatic heterocycles. The Labute approximate surface area is 123 Å². The van der Waals surface area contributed by atoms with Crippen LogP contribution < -0.4 is 10.5 Å². The number of nitrogens with one attached hydrogen (secondary N) is 2. The molecule has 110 valence electrons. The minimum atomic E-state index is -3.66. The molecule has 2 rings (SSSR count). The molecule has 0 aliphatic carbocycles. The molecule has 0 radical (unpaired) electrons. The Balaban J connectivity index is 2.26. The molecule has 1 heterocycles. The van der Waals surface area contributed by atoms with Crippen molar-refractivity contribution in [3.8, 4) is 11.8 Å². The number of aromatic nitrogens is 2. The third kappa shape index (κ3) is 3.62. The van der Waals surface area contributed by atoms with Crippen molar-refractivity contribution in [3.05, 3.63) is 41.3 Å². The van der Waals surface area contributed by atoms with Gasteiger partial charge in [0.15, 0.2) is 5.03 Å². The largest absolute Gasteiger partial charge is 0.332 e. The maximum Gasteiger partial charge on any atom is 0.278 e. The van der Waals surface area contributed by atoms with Crippen LogP contribution in [0.3, 0.4) is 0 Å². The molecule has 0 unspecified atom stereocenters. The number of H-pyrrole nitrogens is 1. The average Bonchev–Trinajstić information content (AvgIpc) is 2.85. The highest BCUT2D eigenvalue weighted by atomic mass is 32.2. The van der Waals surface area contributed by atoms with Gasteiger partial charge in [-0.05, 0) is 37.6 Å². The van der Waals surface area contributed by atoms with E-state index in [1.165, 1.54) is 6.20 Å². The molecule has 0 saturated heterocycles. The Morgan fingerprint density at radius 2 is 2.14 bits per heavy atom. The van der Waals surface area contributed by atoms with E-state index in [-0.39, 0.29) is 11.6 Å². The molecule has 0 aliphatic rings. The Bertz CT molecular complexity index is 813. The molecule has 0 aliphatic heterocycles. The summed E-state index contributed by atoms with van der Waals surface area (Å²) in [6, 6.07) is 5.14. The van der Waals surface area contributed by atoms with Crippen LogP contribution in [0.15, 0.2) is 29.4 Å². The van der Waals surface area contributed by atoms with Crippen molar-refractivity contribution in [1.82, 2.24) is 9.97 Å². The minimum absolute atomic E-state index is 0.0321. The standard InChI is InChI=1S/C14H16N4O2S/c1-10-8-13(6-5-12(10)4-3-7-15)18-21(19,20)14-9-16-11(2)17-14/h5-6,8-9,18H,7,15H2,1-2H3,(H,16,17). The summed E-state index contributed by atoms with van der Waals surface area (Å²) < 4.78 is 26.8. The van der Waals surface area contributed by atoms with Crippen LogP contribution in [0.1, 0.15) is 17.0 Å². The Morgan fingerprint density at radius 3 is 2.71 bits per heavy atom. The summed E-state index contributed by atoms with van der Waals surface area (Å²) in [6.07, 6.45) is 1.28. The van der Waals surface area contributed by atoms with Crippen LogP contribution in [-0.2, 0) is 10.0 Å². The van der Waals surface area contributed by atoms with E-state index < -0.39 is 10.0 Å². The van der Waals surface area contributed by atoms with Crippen molar-refractivity contribution in [2.24, 2.45) is 5.73 Å². The molecule has 0 atom stereocenters. The third-order valence-corrected chi connectivity index (χ3v) is 4.06. The molecule has 0 bridgehead atoms. The Kier molecular flexibility index (Phi) is 4.31. The van der Waals surface area contributed by atoms with E-state index in [9.17, 15) is 8.42 Å². The van der Waals surface area contributed by atoms with Crippen LogP contribution >= 0.6 is 0 Å². The van der Waals surface area contributed by atoms with Crippen molar-refractivity contribution in [2.75, 3.05) is 11.3 Å². The lowest BCUT2D eigenvalue weighted by Crippen LogP contribution is -2.13. The molecule has 0 saturated carbocycles. The first-order chi connectivity index (χ1) is 9.92. The summed E-state index contributed by atoms with van der Waals surface area (Å²) >= 11 is 0. The first kappa shape index (κ1) is 15.1. The van der Waals surface area contributed by atoms with E-state index in [1.807, 2.05) is 6.92 Å². The summed E-state index contributed by atoms with van der Waals surface area (Å²) in [5.41, 5.74) is 7.49. The second-order valence-corrected chi connectivity index (χ2v) is 6.12. The molecule has 0 spiro atoms. The number of hydrogen-bond donors (Lipinski definition) is 3. The highest BCUT2D eigenvalue weighted by Gasteiger charge is 2.16. The molecule has 7 heteroatoms. The number of benzene rings is 1. The van der Waals surface area contributed by atoms with E-state index in [2.05, 4.69) is 26.5 Å². The van der Waals surface area contributed by atoms with Gasteiger partial charge in [-0.1, -0.05) is 11.8 Å². The van der Waals surface area contributed by atoms with E-state index in [1.54, 1.807) is 25.1 Å². The molecular weight excluding hydrogens is 288 g/mol. The monoisotopic (exact) mass is 304 g/mol. The zero-order chi connectivity index (χ0) is 15.5. The maximum absolute atomic E-state index is 12.2. The fourth-order valence-corrected chi connectivity index (χ4v) is 2.78. The summed E-state index contributed by atoms with van der Waals surface area (Å²) in [4.78, 5) is 6.58. The van der Waals surface area contributed by atoms with E-state index in [4.69, 9.17) is 5.73 Å². The number of imidazole rings is 1. The van der Waals surface area contributed by atoms with Crippen LogP contribution in [0.4, 0.5) is 5.69 Å². The number of hydrogen-bond acceptors (Lipinski definition) is 4. The highest BCUT2D eigenvalue weighted by molar-refractivity contribution is 7.92. The normalized spacial score (nSPS) is 10.8. The van der Waals surface area contributed by atoms with Crippen molar-refractivity contribution < 1.29 is 8.42 Å². The van der Waals surface area contributed by atoms with Gasteiger partial charge in [0.25, 0.3) is 10.0 Å². The van der Waals surface area contributed by atoms with E-state index >= 15 is 0 Å². The van der Waals surface area contributed by atoms with Gasteiger partial charge in [0, 0.05) is 11.3 Å². The van der Waals surface area contributed by atoms with Crippen LogP contribution in [-0.4, -0.2) is 24.9 Å². The van der Waals surface area contributed by atoms with Crippen LogP contribution in [0.25, 0.3) is 0 Å². The van der Waals surface area contributed by atoms with Gasteiger partial charge in [0.2, 0.25) is 0 Å². The topological polar surface area (TPSA) is 101 Å². The van der Waals surface area contributed by atoms with Gasteiger partial charge in [0.1, 0.15) is 5.82 Å². The first-order valence-electron chi connectivity index (χ1n) is 6.26. The maximum atomic E-state index is 12.2. The highest BCUT2D eigenvalue weighted by Crippen LogP contribution is 2.18. The predicted octanol–water partition coefficient (Wildman–Crippen LogP) is 1.14. The van der Waals surface area contributed by atoms with Crippen molar-refractivity contribution in [1.29, 1.82) is 0 Å². The lowest BCUT2D eigenvalue weighted by Gasteiger charge is -2.08. The van der Waals surface area contributed by atoms with Crippen LogP contribution in [0.5, 0.6) is 0 Å². The number of anilines is 1. The van der Waals surface area contributed by atoms with Gasteiger partial charge in [0.05, 0.1) is 12.7 Å². The number of aromatic amines is 1. The SMILES string of the molecule is Cc1ncc(S(=O)(=O)Nc2ccc(C#CCN)c(C)c2)[nH]1. The predicted molar refractivity (Wildman–Crippen MR) is 81.2 cm³/mol. The second kappa shape index (κ2) is 5.99. The zero-order valence-corrected chi connectivity index (χ0v) is 12.6. The Hall–Kier alpha value is -2.30. The summed E-state index contributed by atoms with van der Waals surface area (Å²) in [6.45, 7) is 3.83. The molecule has 4 N–H and O–H groups in total. The summed E-state index contributed by atoms with van der Waals surface area (Å²) in [7, 11) is -3.66. The van der Waals surface area contributed by atoms with Crippen molar-refractivity contribution in [3.63, 3.8) is 0 Å². The number of nitrogens with zero attached hydrogens (tertiary/aromatic N) is 1. The van der Waals surface area contributed by atoms with Gasteiger partial charge < -0.3 is 10.7 Å². The zero-order valence-electron chi connectivity index (χ0n) is 11.8. The van der Waals surface area contributed by atoms with E-state index in [0.717, 1.165) is 11.1 Å². The quantitative estimate of drug-likeness (QED) is 0.740. The summed E-state index contributed by atoms with van der Waals surface area (Å²) in [5.74, 6) is 6.24. The first-order valence-corrected chi connectivity index (χ1v) is 7.75. The second-order valence-electron chi connectivity index (χ2n) is 4.47.